The lowest BCUT2D eigenvalue weighted by Gasteiger charge is -2.18. The smallest absolute Gasteiger partial charge is 0.251 e. The minimum atomic E-state index is -0.119. The van der Waals surface area contributed by atoms with Crippen LogP contribution < -0.4 is 4.74 Å². The first kappa shape index (κ1) is 13.3. The van der Waals surface area contributed by atoms with E-state index in [0.29, 0.717) is 13.1 Å². The highest BCUT2D eigenvalue weighted by molar-refractivity contribution is 5.78. The second-order valence-electron chi connectivity index (χ2n) is 4.79. The van der Waals surface area contributed by atoms with Crippen molar-refractivity contribution >= 4 is 5.91 Å². The molecule has 1 unspecified atom stereocenters. The zero-order valence-corrected chi connectivity index (χ0v) is 11.0. The van der Waals surface area contributed by atoms with Gasteiger partial charge in [-0.05, 0) is 0 Å². The van der Waals surface area contributed by atoms with Gasteiger partial charge in [-0.15, -0.1) is 0 Å². The number of rotatable bonds is 3. The Morgan fingerprint density at radius 3 is 2.95 bits per heavy atom. The number of hydrogen-bond acceptors (Lipinski definition) is 5. The molecule has 1 aliphatic heterocycles. The molecular formula is C13H16N4O2. The Balaban J connectivity index is 1.99. The molecule has 6 nitrogen and oxygen atoms in total. The fraction of sp³-hybridized carbons (Fsp3) is 0.538. The third-order valence-corrected chi connectivity index (χ3v) is 3.00. The van der Waals surface area contributed by atoms with Crippen LogP contribution in [0.15, 0.2) is 12.4 Å². The van der Waals surface area contributed by atoms with Crippen LogP contribution in [-0.2, 0) is 4.79 Å². The van der Waals surface area contributed by atoms with Gasteiger partial charge in [0.2, 0.25) is 11.6 Å². The summed E-state index contributed by atoms with van der Waals surface area (Å²) in [6, 6.07) is 1.94. The average molecular weight is 260 g/mol. The van der Waals surface area contributed by atoms with E-state index < -0.39 is 0 Å². The van der Waals surface area contributed by atoms with E-state index in [4.69, 9.17) is 10.00 Å². The van der Waals surface area contributed by atoms with Crippen molar-refractivity contribution in [3.05, 3.63) is 18.1 Å². The number of nitriles is 1. The molecular weight excluding hydrogens is 244 g/mol. The lowest BCUT2D eigenvalue weighted by Crippen LogP contribution is -2.33. The van der Waals surface area contributed by atoms with Crippen LogP contribution in [0.5, 0.6) is 5.88 Å². The number of hydrogen-bond donors (Lipinski definition) is 0. The Hall–Kier alpha value is -2.16. The van der Waals surface area contributed by atoms with Crippen LogP contribution in [-0.4, -0.2) is 40.0 Å². The zero-order valence-electron chi connectivity index (χ0n) is 11.0. The lowest BCUT2D eigenvalue weighted by molar-refractivity contribution is -0.133. The van der Waals surface area contributed by atoms with E-state index in [1.165, 1.54) is 12.4 Å². The molecule has 1 aromatic rings. The molecule has 0 spiro atoms. The van der Waals surface area contributed by atoms with Gasteiger partial charge < -0.3 is 9.64 Å². The highest BCUT2D eigenvalue weighted by atomic mass is 16.5. The van der Waals surface area contributed by atoms with Crippen molar-refractivity contribution in [1.82, 2.24) is 14.9 Å². The maximum absolute atomic E-state index is 11.9. The molecule has 1 saturated heterocycles. The van der Waals surface area contributed by atoms with Crippen LogP contribution in [0.1, 0.15) is 26.0 Å². The lowest BCUT2D eigenvalue weighted by atomic mass is 10.2. The maximum atomic E-state index is 11.9. The molecule has 1 atom stereocenters. The number of likely N-dealkylation sites (tertiary alicyclic amines) is 1. The summed E-state index contributed by atoms with van der Waals surface area (Å²) in [7, 11) is 0. The molecule has 0 N–H and O–H groups in total. The molecule has 0 saturated carbocycles. The zero-order chi connectivity index (χ0) is 13.8. The number of amides is 1. The topological polar surface area (TPSA) is 79.1 Å². The van der Waals surface area contributed by atoms with Gasteiger partial charge in [-0.3, -0.25) is 4.79 Å². The highest BCUT2D eigenvalue weighted by Gasteiger charge is 2.29. The fourth-order valence-electron chi connectivity index (χ4n) is 2.04. The van der Waals surface area contributed by atoms with E-state index in [1.807, 2.05) is 19.9 Å². The van der Waals surface area contributed by atoms with Crippen LogP contribution in [0.2, 0.25) is 0 Å². The van der Waals surface area contributed by atoms with Crippen molar-refractivity contribution in [1.29, 1.82) is 5.26 Å². The Bertz CT molecular complexity index is 510. The van der Waals surface area contributed by atoms with Crippen LogP contribution in [0, 0.1) is 17.2 Å². The summed E-state index contributed by atoms with van der Waals surface area (Å²) in [5.74, 6) is 0.365. The van der Waals surface area contributed by atoms with Crippen molar-refractivity contribution in [2.75, 3.05) is 13.1 Å². The highest BCUT2D eigenvalue weighted by Crippen LogP contribution is 2.19. The number of ether oxygens (including phenoxy) is 1. The van der Waals surface area contributed by atoms with Crippen molar-refractivity contribution in [3.8, 4) is 11.9 Å². The number of carbonyl (C=O) groups is 1. The van der Waals surface area contributed by atoms with Crippen molar-refractivity contribution in [3.63, 3.8) is 0 Å². The Morgan fingerprint density at radius 1 is 1.53 bits per heavy atom. The third-order valence-electron chi connectivity index (χ3n) is 3.00. The molecule has 6 heteroatoms. The summed E-state index contributed by atoms with van der Waals surface area (Å²) in [4.78, 5) is 21.5. The van der Waals surface area contributed by atoms with Crippen LogP contribution in [0.3, 0.4) is 0 Å². The first-order chi connectivity index (χ1) is 9.11. The molecule has 19 heavy (non-hydrogen) atoms. The van der Waals surface area contributed by atoms with Gasteiger partial charge in [0.15, 0.2) is 0 Å². The number of carbonyl (C=O) groups excluding carboxylic acids is 1. The van der Waals surface area contributed by atoms with Crippen LogP contribution in [0.25, 0.3) is 0 Å². The second-order valence-corrected chi connectivity index (χ2v) is 4.79. The molecule has 2 heterocycles. The van der Waals surface area contributed by atoms with E-state index in [2.05, 4.69) is 9.97 Å². The second kappa shape index (κ2) is 5.65. The summed E-state index contributed by atoms with van der Waals surface area (Å²) >= 11 is 0. The normalized spacial score (nSPS) is 18.4. The Morgan fingerprint density at radius 2 is 2.26 bits per heavy atom. The number of aromatic nitrogens is 2. The van der Waals surface area contributed by atoms with Gasteiger partial charge in [-0.25, -0.2) is 9.97 Å². The fourth-order valence-corrected chi connectivity index (χ4v) is 2.04. The first-order valence-electron chi connectivity index (χ1n) is 6.28. The molecule has 1 aromatic heterocycles. The minimum Gasteiger partial charge on any atom is -0.470 e. The largest absolute Gasteiger partial charge is 0.470 e. The molecule has 0 aliphatic carbocycles. The first-order valence-corrected chi connectivity index (χ1v) is 6.28. The molecule has 0 aromatic carbocycles. The van der Waals surface area contributed by atoms with Crippen molar-refractivity contribution in [2.24, 2.45) is 5.92 Å². The van der Waals surface area contributed by atoms with Gasteiger partial charge in [-0.2, -0.15) is 5.26 Å². The van der Waals surface area contributed by atoms with E-state index in [0.717, 1.165) is 6.42 Å². The molecule has 1 amide bonds. The summed E-state index contributed by atoms with van der Waals surface area (Å²) < 4.78 is 5.67. The number of nitrogens with zero attached hydrogens (tertiary/aromatic N) is 4. The van der Waals surface area contributed by atoms with E-state index in [9.17, 15) is 4.79 Å². The molecule has 2 rings (SSSR count). The standard InChI is InChI=1S/C13H16N4O2/c1-9(2)13(18)17-6-3-10(8-17)19-12-11(7-14)15-4-5-16-12/h4-5,9-10H,3,6,8H2,1-2H3. The minimum absolute atomic E-state index is 0.00932. The van der Waals surface area contributed by atoms with Gasteiger partial charge in [0.25, 0.3) is 5.88 Å². The maximum Gasteiger partial charge on any atom is 0.251 e. The predicted octanol–water partition coefficient (Wildman–Crippen LogP) is 0.984. The third kappa shape index (κ3) is 2.99. The molecule has 1 aliphatic rings. The predicted molar refractivity (Wildman–Crippen MR) is 67.2 cm³/mol. The van der Waals surface area contributed by atoms with Crippen molar-refractivity contribution in [2.45, 2.75) is 26.4 Å². The van der Waals surface area contributed by atoms with Crippen LogP contribution in [0.4, 0.5) is 0 Å². The van der Waals surface area contributed by atoms with Gasteiger partial charge in [0.05, 0.1) is 6.54 Å². The molecule has 0 bridgehead atoms. The molecule has 0 radical (unpaired) electrons. The van der Waals surface area contributed by atoms with Crippen molar-refractivity contribution < 1.29 is 9.53 Å². The average Bonchev–Trinajstić information content (AvgIpc) is 2.87. The Kier molecular flexibility index (Phi) is 3.95. The monoisotopic (exact) mass is 260 g/mol. The van der Waals surface area contributed by atoms with E-state index in [-0.39, 0.29) is 29.5 Å². The van der Waals surface area contributed by atoms with E-state index >= 15 is 0 Å². The SMILES string of the molecule is CC(C)C(=O)N1CCC(Oc2nccnc2C#N)C1. The summed E-state index contributed by atoms with van der Waals surface area (Å²) in [6.07, 6.45) is 3.57. The van der Waals surface area contributed by atoms with Gasteiger partial charge in [-0.1, -0.05) is 13.8 Å². The summed E-state index contributed by atoms with van der Waals surface area (Å²) in [5.41, 5.74) is 0.177. The van der Waals surface area contributed by atoms with Gasteiger partial charge >= 0.3 is 0 Å². The Labute approximate surface area is 112 Å². The molecule has 100 valence electrons. The quantitative estimate of drug-likeness (QED) is 0.809. The van der Waals surface area contributed by atoms with Gasteiger partial charge in [0, 0.05) is 31.3 Å². The molecule has 1 fully saturated rings. The summed E-state index contributed by atoms with van der Waals surface area (Å²) in [6.45, 7) is 4.99. The van der Waals surface area contributed by atoms with E-state index in [1.54, 1.807) is 4.90 Å². The van der Waals surface area contributed by atoms with Crippen LogP contribution >= 0.6 is 0 Å². The summed E-state index contributed by atoms with van der Waals surface area (Å²) in [5, 5.41) is 8.91. The van der Waals surface area contributed by atoms with Gasteiger partial charge in [0.1, 0.15) is 12.2 Å².